The van der Waals surface area contributed by atoms with Gasteiger partial charge in [-0.2, -0.15) is 0 Å². The van der Waals surface area contributed by atoms with Gasteiger partial charge >= 0.3 is 0 Å². The Kier molecular flexibility index (Phi) is 5.66. The average molecular weight is 358 g/mol. The van der Waals surface area contributed by atoms with Crippen molar-refractivity contribution >= 4 is 23.4 Å². The van der Waals surface area contributed by atoms with Crippen LogP contribution in [-0.4, -0.2) is 28.2 Å². The number of rotatable bonds is 5. The summed E-state index contributed by atoms with van der Waals surface area (Å²) in [6, 6.07) is 13.0. The van der Waals surface area contributed by atoms with E-state index in [2.05, 4.69) is 10.3 Å². The third kappa shape index (κ3) is 4.79. The third-order valence-electron chi connectivity index (χ3n) is 4.33. The summed E-state index contributed by atoms with van der Waals surface area (Å²) >= 11 is 5.89. The molecule has 0 aliphatic carbocycles. The lowest BCUT2D eigenvalue weighted by molar-refractivity contribution is -0.139. The van der Waals surface area contributed by atoms with Crippen LogP contribution in [0.1, 0.15) is 24.1 Å². The molecule has 1 aromatic carbocycles. The molecule has 1 aromatic heterocycles. The van der Waals surface area contributed by atoms with E-state index in [4.69, 9.17) is 11.6 Å². The molecule has 25 heavy (non-hydrogen) atoms. The first-order valence-corrected chi connectivity index (χ1v) is 8.69. The second-order valence-corrected chi connectivity index (χ2v) is 6.61. The predicted octanol–water partition coefficient (Wildman–Crippen LogP) is 2.79. The molecule has 3 rings (SSSR count). The van der Waals surface area contributed by atoms with Crippen LogP contribution in [0, 0.1) is 5.92 Å². The van der Waals surface area contributed by atoms with E-state index in [0.29, 0.717) is 37.5 Å². The number of hydrogen-bond acceptors (Lipinski definition) is 3. The minimum atomic E-state index is -0.186. The molecule has 1 atom stereocenters. The van der Waals surface area contributed by atoms with E-state index in [1.807, 2.05) is 42.5 Å². The molecule has 0 radical (unpaired) electrons. The first-order chi connectivity index (χ1) is 12.1. The molecule has 1 N–H and O–H groups in total. The molecule has 5 nitrogen and oxygen atoms in total. The Bertz CT molecular complexity index is 734. The Morgan fingerprint density at radius 2 is 2.04 bits per heavy atom. The fourth-order valence-corrected chi connectivity index (χ4v) is 3.04. The highest BCUT2D eigenvalue weighted by Crippen LogP contribution is 2.21. The van der Waals surface area contributed by atoms with E-state index in [1.54, 1.807) is 11.1 Å². The number of amides is 2. The first-order valence-electron chi connectivity index (χ1n) is 8.31. The standard InChI is InChI=1S/C19H20ClN3O2/c20-16-7-4-14(5-8-16)12-23-13-15(6-9-18(23)24)19(25)22-11-17-3-1-2-10-21-17/h1-5,7-8,10,15H,6,9,11-13H2,(H,22,25)/t15-/m1/s1. The first kappa shape index (κ1) is 17.4. The molecular formula is C19H20ClN3O2. The number of halogens is 1. The largest absolute Gasteiger partial charge is 0.350 e. The van der Waals surface area contributed by atoms with Crippen LogP contribution in [0.15, 0.2) is 48.7 Å². The van der Waals surface area contributed by atoms with Crippen molar-refractivity contribution in [2.24, 2.45) is 5.92 Å². The summed E-state index contributed by atoms with van der Waals surface area (Å²) in [5, 5.41) is 3.59. The Balaban J connectivity index is 1.56. The fourth-order valence-electron chi connectivity index (χ4n) is 2.92. The zero-order valence-corrected chi connectivity index (χ0v) is 14.6. The van der Waals surface area contributed by atoms with Crippen molar-refractivity contribution in [2.45, 2.75) is 25.9 Å². The van der Waals surface area contributed by atoms with Gasteiger partial charge in [0, 0.05) is 30.7 Å². The SMILES string of the molecule is O=C(NCc1ccccn1)[C@@H]1CCC(=O)N(Cc2ccc(Cl)cc2)C1. The van der Waals surface area contributed by atoms with Gasteiger partial charge in [-0.3, -0.25) is 14.6 Å². The average Bonchev–Trinajstić information content (AvgIpc) is 2.64. The molecule has 1 saturated heterocycles. The molecular weight excluding hydrogens is 338 g/mol. The predicted molar refractivity (Wildman–Crippen MR) is 95.7 cm³/mol. The quantitative estimate of drug-likeness (QED) is 0.895. The van der Waals surface area contributed by atoms with Crippen LogP contribution in [0.25, 0.3) is 0 Å². The van der Waals surface area contributed by atoms with Crippen LogP contribution in [0.4, 0.5) is 0 Å². The smallest absolute Gasteiger partial charge is 0.225 e. The highest BCUT2D eigenvalue weighted by atomic mass is 35.5. The summed E-state index contributed by atoms with van der Waals surface area (Å²) in [4.78, 5) is 30.5. The van der Waals surface area contributed by atoms with Gasteiger partial charge in [-0.1, -0.05) is 29.8 Å². The highest BCUT2D eigenvalue weighted by Gasteiger charge is 2.30. The number of likely N-dealkylation sites (tertiary alicyclic amines) is 1. The van der Waals surface area contributed by atoms with Gasteiger partial charge in [0.15, 0.2) is 0 Å². The Morgan fingerprint density at radius 3 is 2.76 bits per heavy atom. The number of piperidine rings is 1. The number of pyridine rings is 1. The van der Waals surface area contributed by atoms with Crippen LogP contribution < -0.4 is 5.32 Å². The van der Waals surface area contributed by atoms with E-state index in [-0.39, 0.29) is 17.7 Å². The van der Waals surface area contributed by atoms with E-state index < -0.39 is 0 Å². The maximum absolute atomic E-state index is 12.4. The lowest BCUT2D eigenvalue weighted by Gasteiger charge is -2.32. The molecule has 2 heterocycles. The van der Waals surface area contributed by atoms with Gasteiger partial charge < -0.3 is 10.2 Å². The van der Waals surface area contributed by atoms with Gasteiger partial charge in [-0.25, -0.2) is 0 Å². The molecule has 2 aromatic rings. The normalized spacial score (nSPS) is 17.4. The number of carbonyl (C=O) groups is 2. The Morgan fingerprint density at radius 1 is 1.24 bits per heavy atom. The number of benzene rings is 1. The molecule has 2 amide bonds. The third-order valence-corrected chi connectivity index (χ3v) is 4.58. The van der Waals surface area contributed by atoms with Crippen LogP contribution in [-0.2, 0) is 22.7 Å². The summed E-state index contributed by atoms with van der Waals surface area (Å²) in [5.74, 6) is -0.128. The Hall–Kier alpha value is -2.40. The lowest BCUT2D eigenvalue weighted by atomic mass is 9.96. The monoisotopic (exact) mass is 357 g/mol. The molecule has 130 valence electrons. The summed E-state index contributed by atoms with van der Waals surface area (Å²) in [5.41, 5.74) is 1.83. The van der Waals surface area contributed by atoms with Crippen molar-refractivity contribution in [2.75, 3.05) is 6.54 Å². The molecule has 1 fully saturated rings. The molecule has 1 aliphatic rings. The van der Waals surface area contributed by atoms with E-state index in [0.717, 1.165) is 11.3 Å². The topological polar surface area (TPSA) is 62.3 Å². The van der Waals surface area contributed by atoms with Gasteiger partial charge in [0.25, 0.3) is 0 Å². The molecule has 6 heteroatoms. The summed E-state index contributed by atoms with van der Waals surface area (Å²) < 4.78 is 0. The summed E-state index contributed by atoms with van der Waals surface area (Å²) in [7, 11) is 0. The maximum atomic E-state index is 12.4. The number of carbonyl (C=O) groups excluding carboxylic acids is 2. The van der Waals surface area contributed by atoms with Gasteiger partial charge in [0.1, 0.15) is 0 Å². The minimum absolute atomic E-state index is 0.0285. The molecule has 1 aliphatic heterocycles. The zero-order valence-electron chi connectivity index (χ0n) is 13.8. The summed E-state index contributed by atoms with van der Waals surface area (Å²) in [6.07, 6.45) is 2.69. The summed E-state index contributed by atoms with van der Waals surface area (Å²) in [6.45, 7) is 1.34. The number of hydrogen-bond donors (Lipinski definition) is 1. The number of nitrogens with zero attached hydrogens (tertiary/aromatic N) is 2. The fraction of sp³-hybridized carbons (Fsp3) is 0.316. The maximum Gasteiger partial charge on any atom is 0.225 e. The second-order valence-electron chi connectivity index (χ2n) is 6.18. The molecule has 0 spiro atoms. The molecule has 0 bridgehead atoms. The van der Waals surface area contributed by atoms with Crippen molar-refractivity contribution < 1.29 is 9.59 Å². The molecule has 0 unspecified atom stereocenters. The van der Waals surface area contributed by atoms with E-state index in [1.165, 1.54) is 0 Å². The van der Waals surface area contributed by atoms with E-state index >= 15 is 0 Å². The number of aromatic nitrogens is 1. The van der Waals surface area contributed by atoms with Crippen LogP contribution in [0.5, 0.6) is 0 Å². The highest BCUT2D eigenvalue weighted by molar-refractivity contribution is 6.30. The number of nitrogens with one attached hydrogen (secondary N) is 1. The van der Waals surface area contributed by atoms with E-state index in [9.17, 15) is 9.59 Å². The second kappa shape index (κ2) is 8.12. The van der Waals surface area contributed by atoms with Gasteiger partial charge in [-0.05, 0) is 36.2 Å². The van der Waals surface area contributed by atoms with Crippen molar-refractivity contribution in [3.8, 4) is 0 Å². The van der Waals surface area contributed by atoms with Crippen molar-refractivity contribution in [1.82, 2.24) is 15.2 Å². The zero-order chi connectivity index (χ0) is 17.6. The van der Waals surface area contributed by atoms with Crippen molar-refractivity contribution in [3.63, 3.8) is 0 Å². The van der Waals surface area contributed by atoms with Crippen molar-refractivity contribution in [1.29, 1.82) is 0 Å². The van der Waals surface area contributed by atoms with Crippen LogP contribution in [0.2, 0.25) is 5.02 Å². The van der Waals surface area contributed by atoms with Crippen molar-refractivity contribution in [3.05, 3.63) is 64.9 Å². The van der Waals surface area contributed by atoms with Gasteiger partial charge in [-0.15, -0.1) is 0 Å². The Labute approximate surface area is 152 Å². The van der Waals surface area contributed by atoms with Crippen LogP contribution in [0.3, 0.4) is 0 Å². The lowest BCUT2D eigenvalue weighted by Crippen LogP contribution is -2.45. The molecule has 0 saturated carbocycles. The minimum Gasteiger partial charge on any atom is -0.350 e. The van der Waals surface area contributed by atoms with Gasteiger partial charge in [0.2, 0.25) is 11.8 Å². The van der Waals surface area contributed by atoms with Gasteiger partial charge in [0.05, 0.1) is 18.2 Å². The van der Waals surface area contributed by atoms with Crippen LogP contribution >= 0.6 is 11.6 Å².